The Kier molecular flexibility index (Phi) is 5.25. The fourth-order valence-electron chi connectivity index (χ4n) is 1.36. The van der Waals surface area contributed by atoms with Crippen LogP contribution in [0.1, 0.15) is 6.92 Å². The molecular weight excluding hydrogens is 268 g/mol. The van der Waals surface area contributed by atoms with Crippen molar-refractivity contribution in [2.24, 2.45) is 0 Å². The van der Waals surface area contributed by atoms with E-state index in [1.165, 1.54) is 23.9 Å². The van der Waals surface area contributed by atoms with Crippen molar-refractivity contribution in [2.75, 3.05) is 12.8 Å². The molecule has 0 saturated carbocycles. The normalized spacial score (nSPS) is 12.5. The van der Waals surface area contributed by atoms with Crippen LogP contribution in [0.3, 0.4) is 0 Å². The summed E-state index contributed by atoms with van der Waals surface area (Å²) in [7, 11) is -3.75. The van der Waals surface area contributed by atoms with Gasteiger partial charge in [-0.2, -0.15) is 5.26 Å². The standard InChI is InChI=1S/C12H14N2O2S2/c1-3-14-12(17-2)11(9-13)18(15,16)10-7-5-4-6-8-10/h4-8,14H,3H2,1-2H3/b12-11+. The molecule has 0 spiro atoms. The van der Waals surface area contributed by atoms with Gasteiger partial charge in [0.05, 0.1) is 9.92 Å². The Morgan fingerprint density at radius 1 is 1.39 bits per heavy atom. The van der Waals surface area contributed by atoms with Crippen molar-refractivity contribution in [1.82, 2.24) is 5.32 Å². The van der Waals surface area contributed by atoms with Crippen LogP contribution in [-0.2, 0) is 9.84 Å². The lowest BCUT2D eigenvalue weighted by Crippen LogP contribution is -2.16. The molecule has 0 aliphatic rings. The Balaban J connectivity index is 3.38. The van der Waals surface area contributed by atoms with Gasteiger partial charge in [0.2, 0.25) is 9.84 Å². The van der Waals surface area contributed by atoms with Crippen LogP contribution in [0.2, 0.25) is 0 Å². The molecule has 0 heterocycles. The van der Waals surface area contributed by atoms with Gasteiger partial charge in [0.15, 0.2) is 4.91 Å². The van der Waals surface area contributed by atoms with Crippen molar-refractivity contribution >= 4 is 21.6 Å². The molecule has 0 amide bonds. The third-order valence-corrected chi connectivity index (χ3v) is 4.78. The minimum Gasteiger partial charge on any atom is -0.378 e. The van der Waals surface area contributed by atoms with Crippen LogP contribution in [0.5, 0.6) is 0 Å². The summed E-state index contributed by atoms with van der Waals surface area (Å²) >= 11 is 1.22. The highest BCUT2D eigenvalue weighted by molar-refractivity contribution is 8.04. The van der Waals surface area contributed by atoms with Crippen LogP contribution in [0.4, 0.5) is 0 Å². The SMILES string of the molecule is CCN/C(SC)=C(/C#N)S(=O)(=O)c1ccccc1. The smallest absolute Gasteiger partial charge is 0.219 e. The lowest BCUT2D eigenvalue weighted by atomic mass is 10.4. The number of thioether (sulfide) groups is 1. The monoisotopic (exact) mass is 282 g/mol. The molecule has 0 unspecified atom stereocenters. The molecule has 0 aromatic heterocycles. The zero-order valence-corrected chi connectivity index (χ0v) is 11.8. The summed E-state index contributed by atoms with van der Waals surface area (Å²) in [6, 6.07) is 9.75. The third-order valence-electron chi connectivity index (χ3n) is 2.17. The van der Waals surface area contributed by atoms with Crippen LogP contribution >= 0.6 is 11.8 Å². The van der Waals surface area contributed by atoms with Gasteiger partial charge in [-0.1, -0.05) is 18.2 Å². The molecular formula is C12H14N2O2S2. The zero-order chi connectivity index (χ0) is 13.6. The molecule has 6 heteroatoms. The Morgan fingerprint density at radius 2 is 2.00 bits per heavy atom. The maximum atomic E-state index is 12.3. The number of hydrogen-bond donors (Lipinski definition) is 1. The summed E-state index contributed by atoms with van der Waals surface area (Å²) in [5.41, 5.74) is 0. The highest BCUT2D eigenvalue weighted by atomic mass is 32.2. The van der Waals surface area contributed by atoms with Crippen LogP contribution in [0.25, 0.3) is 0 Å². The van der Waals surface area contributed by atoms with Gasteiger partial charge >= 0.3 is 0 Å². The average molecular weight is 282 g/mol. The number of nitriles is 1. The fourth-order valence-corrected chi connectivity index (χ4v) is 3.64. The second-order valence-corrected chi connectivity index (χ2v) is 6.02. The fraction of sp³-hybridized carbons (Fsp3) is 0.250. The summed E-state index contributed by atoms with van der Waals surface area (Å²) in [6.07, 6.45) is 1.73. The van der Waals surface area contributed by atoms with Gasteiger partial charge in [0.1, 0.15) is 6.07 Å². The summed E-state index contributed by atoms with van der Waals surface area (Å²) < 4.78 is 24.6. The molecule has 4 nitrogen and oxygen atoms in total. The maximum absolute atomic E-state index is 12.3. The average Bonchev–Trinajstić information content (AvgIpc) is 2.39. The van der Waals surface area contributed by atoms with Crippen LogP contribution in [0, 0.1) is 11.3 Å². The highest BCUT2D eigenvalue weighted by Gasteiger charge is 2.24. The van der Waals surface area contributed by atoms with Crippen LogP contribution in [-0.4, -0.2) is 21.2 Å². The molecule has 0 bridgehead atoms. The number of allylic oxidation sites excluding steroid dienone is 1. The first-order chi connectivity index (χ1) is 8.57. The van der Waals surface area contributed by atoms with Gasteiger partial charge in [-0.15, -0.1) is 11.8 Å². The predicted molar refractivity (Wildman–Crippen MR) is 73.5 cm³/mol. The van der Waals surface area contributed by atoms with Crippen LogP contribution in [0.15, 0.2) is 45.2 Å². The molecule has 1 aromatic carbocycles. The van der Waals surface area contributed by atoms with E-state index in [0.29, 0.717) is 11.6 Å². The van der Waals surface area contributed by atoms with Crippen molar-refractivity contribution in [3.05, 3.63) is 40.3 Å². The Hall–Kier alpha value is -1.45. The minimum absolute atomic E-state index is 0.131. The van der Waals surface area contributed by atoms with Crippen molar-refractivity contribution in [1.29, 1.82) is 5.26 Å². The number of nitrogens with zero attached hydrogens (tertiary/aromatic N) is 1. The second kappa shape index (κ2) is 6.47. The van der Waals surface area contributed by atoms with E-state index in [2.05, 4.69) is 5.32 Å². The molecule has 96 valence electrons. The van der Waals surface area contributed by atoms with Crippen molar-refractivity contribution in [3.63, 3.8) is 0 Å². The zero-order valence-electron chi connectivity index (χ0n) is 10.2. The molecule has 1 N–H and O–H groups in total. The van der Waals surface area contributed by atoms with Gasteiger partial charge in [0.25, 0.3) is 0 Å². The number of benzene rings is 1. The van der Waals surface area contributed by atoms with E-state index in [4.69, 9.17) is 5.26 Å². The molecule has 0 atom stereocenters. The topological polar surface area (TPSA) is 70.0 Å². The molecule has 0 fully saturated rings. The summed E-state index contributed by atoms with van der Waals surface area (Å²) in [4.78, 5) is -0.103. The molecule has 18 heavy (non-hydrogen) atoms. The van der Waals surface area contributed by atoms with E-state index in [1.54, 1.807) is 30.5 Å². The number of rotatable bonds is 5. The number of sulfone groups is 1. The lowest BCUT2D eigenvalue weighted by molar-refractivity contribution is 0.602. The molecule has 0 aliphatic heterocycles. The second-order valence-electron chi connectivity index (χ2n) is 3.32. The largest absolute Gasteiger partial charge is 0.378 e. The Labute approximate surface area is 112 Å². The third kappa shape index (κ3) is 3.06. The number of nitrogens with one attached hydrogen (secondary N) is 1. The first kappa shape index (κ1) is 14.6. The maximum Gasteiger partial charge on any atom is 0.219 e. The summed E-state index contributed by atoms with van der Waals surface area (Å²) in [6.45, 7) is 2.41. The van der Waals surface area contributed by atoms with Crippen molar-refractivity contribution in [3.8, 4) is 6.07 Å². The van der Waals surface area contributed by atoms with Gasteiger partial charge < -0.3 is 5.32 Å². The molecule has 1 rings (SSSR count). The van der Waals surface area contributed by atoms with Gasteiger partial charge in [-0.25, -0.2) is 8.42 Å². The van der Waals surface area contributed by atoms with E-state index in [0.717, 1.165) is 0 Å². The number of hydrogen-bond acceptors (Lipinski definition) is 5. The summed E-state index contributed by atoms with van der Waals surface area (Å²) in [5.74, 6) is 0. The van der Waals surface area contributed by atoms with Crippen molar-refractivity contribution in [2.45, 2.75) is 11.8 Å². The molecule has 0 radical (unpaired) electrons. The van der Waals surface area contributed by atoms with Crippen molar-refractivity contribution < 1.29 is 8.42 Å². The quantitative estimate of drug-likeness (QED) is 0.838. The Bertz CT molecular complexity index is 572. The Morgan fingerprint density at radius 3 is 2.44 bits per heavy atom. The van der Waals surface area contributed by atoms with E-state index >= 15 is 0 Å². The van der Waals surface area contributed by atoms with Gasteiger partial charge in [-0.3, -0.25) is 0 Å². The van der Waals surface area contributed by atoms with E-state index in [9.17, 15) is 8.42 Å². The van der Waals surface area contributed by atoms with Crippen LogP contribution < -0.4 is 5.32 Å². The highest BCUT2D eigenvalue weighted by Crippen LogP contribution is 2.24. The molecule has 0 aliphatic carbocycles. The van der Waals surface area contributed by atoms with E-state index < -0.39 is 9.84 Å². The van der Waals surface area contributed by atoms with Gasteiger partial charge in [-0.05, 0) is 25.3 Å². The predicted octanol–water partition coefficient (Wildman–Crippen LogP) is 2.13. The summed E-state index contributed by atoms with van der Waals surface area (Å²) in [5, 5.41) is 12.4. The molecule has 0 saturated heterocycles. The first-order valence-electron chi connectivity index (χ1n) is 5.30. The lowest BCUT2D eigenvalue weighted by Gasteiger charge is -2.09. The van der Waals surface area contributed by atoms with E-state index in [-0.39, 0.29) is 9.80 Å². The van der Waals surface area contributed by atoms with Gasteiger partial charge in [0, 0.05) is 6.54 Å². The minimum atomic E-state index is -3.75. The van der Waals surface area contributed by atoms with E-state index in [1.807, 2.05) is 6.92 Å². The molecule has 1 aromatic rings. The first-order valence-corrected chi connectivity index (χ1v) is 8.01.